The first kappa shape index (κ1) is 8.29. The maximum atomic E-state index is 11.6. The molecule has 2 rings (SSSR count). The van der Waals surface area contributed by atoms with Crippen molar-refractivity contribution in [1.29, 1.82) is 0 Å². The number of aryl methyl sites for hydroxylation is 1. The van der Waals surface area contributed by atoms with E-state index in [1.807, 2.05) is 27.0 Å². The van der Waals surface area contributed by atoms with E-state index in [0.717, 1.165) is 24.2 Å². The van der Waals surface area contributed by atoms with Crippen molar-refractivity contribution in [1.82, 2.24) is 9.79 Å². The summed E-state index contributed by atoms with van der Waals surface area (Å²) in [7, 11) is 1.81. The molecule has 1 aromatic rings. The molecule has 0 aromatic carbocycles. The van der Waals surface area contributed by atoms with E-state index < -0.39 is 0 Å². The van der Waals surface area contributed by atoms with Crippen LogP contribution in [0.3, 0.4) is 0 Å². The van der Waals surface area contributed by atoms with Gasteiger partial charge in [-0.25, -0.2) is 4.98 Å². The molecule has 13 heavy (non-hydrogen) atoms. The summed E-state index contributed by atoms with van der Waals surface area (Å²) < 4.78 is 0. The molecule has 0 saturated carbocycles. The molecular formula is C9H11BN2O. The second kappa shape index (κ2) is 2.87. The van der Waals surface area contributed by atoms with Gasteiger partial charge in [0.05, 0.1) is 0 Å². The minimum atomic E-state index is 0.0463. The quantitative estimate of drug-likeness (QED) is 0.516. The fourth-order valence-corrected chi connectivity index (χ4v) is 1.54. The molecule has 2 heterocycles. The summed E-state index contributed by atoms with van der Waals surface area (Å²) in [5.74, 6) is 0.0463. The van der Waals surface area contributed by atoms with Crippen LogP contribution in [0, 0.1) is 6.92 Å². The molecule has 0 atom stereocenters. The third-order valence-electron chi connectivity index (χ3n) is 2.38. The van der Waals surface area contributed by atoms with Crippen molar-refractivity contribution in [3.8, 4) is 0 Å². The van der Waals surface area contributed by atoms with Gasteiger partial charge in [0.1, 0.15) is 5.69 Å². The Balaban J connectivity index is 2.51. The summed E-state index contributed by atoms with van der Waals surface area (Å²) >= 11 is 0. The zero-order chi connectivity index (χ0) is 9.42. The van der Waals surface area contributed by atoms with E-state index in [9.17, 15) is 4.79 Å². The van der Waals surface area contributed by atoms with Crippen LogP contribution in [0.4, 0.5) is 0 Å². The third-order valence-corrected chi connectivity index (χ3v) is 2.38. The van der Waals surface area contributed by atoms with Crippen LogP contribution in [0.2, 0.25) is 0 Å². The summed E-state index contributed by atoms with van der Waals surface area (Å²) in [5.41, 5.74) is 2.62. The predicted molar refractivity (Wildman–Crippen MR) is 52.3 cm³/mol. The highest BCUT2D eigenvalue weighted by Crippen LogP contribution is 2.15. The van der Waals surface area contributed by atoms with Gasteiger partial charge < -0.3 is 4.81 Å². The Hall–Kier alpha value is -1.32. The Morgan fingerprint density at radius 1 is 1.54 bits per heavy atom. The number of amides is 1. The van der Waals surface area contributed by atoms with Gasteiger partial charge >= 0.3 is 0 Å². The number of pyridine rings is 1. The van der Waals surface area contributed by atoms with Gasteiger partial charge in [-0.1, -0.05) is 6.07 Å². The topological polar surface area (TPSA) is 33.2 Å². The van der Waals surface area contributed by atoms with Gasteiger partial charge in [0.15, 0.2) is 0 Å². The molecule has 4 heteroatoms. The van der Waals surface area contributed by atoms with Crippen molar-refractivity contribution in [2.45, 2.75) is 13.3 Å². The number of carbonyl (C=O) groups is 1. The van der Waals surface area contributed by atoms with Crippen LogP contribution in [0.1, 0.15) is 21.7 Å². The first-order chi connectivity index (χ1) is 6.18. The maximum absolute atomic E-state index is 11.6. The van der Waals surface area contributed by atoms with E-state index in [0.29, 0.717) is 5.69 Å². The number of rotatable bonds is 0. The van der Waals surface area contributed by atoms with Crippen molar-refractivity contribution in [2.24, 2.45) is 0 Å². The van der Waals surface area contributed by atoms with Crippen molar-refractivity contribution < 1.29 is 4.79 Å². The smallest absolute Gasteiger partial charge is 0.260 e. The lowest BCUT2D eigenvalue weighted by molar-refractivity contribution is 0.0845. The zero-order valence-corrected chi connectivity index (χ0v) is 7.87. The molecule has 0 unspecified atom stereocenters. The van der Waals surface area contributed by atoms with E-state index in [4.69, 9.17) is 0 Å². The largest absolute Gasteiger partial charge is 0.388 e. The molecule has 0 bridgehead atoms. The Morgan fingerprint density at radius 3 is 3.08 bits per heavy atom. The standard InChI is InChI=1S/C9H11BN2O/c1-6-2-3-7-4-5-12(10)9(13)8(7)11-6/h2-3H,4-5,10H2,1H3. The minimum Gasteiger partial charge on any atom is -0.388 e. The molecule has 1 aliphatic heterocycles. The van der Waals surface area contributed by atoms with Gasteiger partial charge in [0.2, 0.25) is 7.98 Å². The number of fused-ring (bicyclic) bond motifs is 1. The molecule has 0 radical (unpaired) electrons. The molecule has 3 nitrogen and oxygen atoms in total. The summed E-state index contributed by atoms with van der Waals surface area (Å²) in [6, 6.07) is 3.96. The van der Waals surface area contributed by atoms with Crippen molar-refractivity contribution >= 4 is 13.9 Å². The van der Waals surface area contributed by atoms with Crippen LogP contribution in [-0.4, -0.2) is 30.2 Å². The van der Waals surface area contributed by atoms with Crippen LogP contribution in [0.5, 0.6) is 0 Å². The third kappa shape index (κ3) is 1.32. The first-order valence-corrected chi connectivity index (χ1v) is 4.40. The molecule has 0 N–H and O–H groups in total. The first-order valence-electron chi connectivity index (χ1n) is 4.40. The molecule has 1 aliphatic rings. The molecule has 1 amide bonds. The van der Waals surface area contributed by atoms with Crippen molar-refractivity contribution in [3.63, 3.8) is 0 Å². The Kier molecular flexibility index (Phi) is 1.83. The number of carbonyl (C=O) groups excluding carboxylic acids is 1. The summed E-state index contributed by atoms with van der Waals surface area (Å²) in [6.45, 7) is 2.71. The van der Waals surface area contributed by atoms with E-state index in [2.05, 4.69) is 4.98 Å². The zero-order valence-electron chi connectivity index (χ0n) is 7.87. The molecule has 66 valence electrons. The lowest BCUT2D eigenvalue weighted by Crippen LogP contribution is -2.36. The summed E-state index contributed by atoms with van der Waals surface area (Å²) in [6.07, 6.45) is 0.921. The Labute approximate surface area is 78.2 Å². The van der Waals surface area contributed by atoms with Crippen molar-refractivity contribution in [3.05, 3.63) is 29.1 Å². The van der Waals surface area contributed by atoms with E-state index >= 15 is 0 Å². The van der Waals surface area contributed by atoms with Crippen LogP contribution >= 0.6 is 0 Å². The average Bonchev–Trinajstić information content (AvgIpc) is 2.12. The monoisotopic (exact) mass is 174 g/mol. The Bertz CT molecular complexity index is 365. The van der Waals surface area contributed by atoms with Crippen molar-refractivity contribution in [2.75, 3.05) is 6.54 Å². The number of hydrogen-bond donors (Lipinski definition) is 0. The SMILES string of the molecule is BN1CCc2ccc(C)nc2C1=O. The highest BCUT2D eigenvalue weighted by molar-refractivity contribution is 6.18. The number of aromatic nitrogens is 1. The molecule has 0 fully saturated rings. The van der Waals surface area contributed by atoms with Crippen LogP contribution in [-0.2, 0) is 6.42 Å². The number of hydrogen-bond acceptors (Lipinski definition) is 2. The van der Waals surface area contributed by atoms with Gasteiger partial charge in [-0.2, -0.15) is 0 Å². The normalized spacial score (nSPS) is 15.8. The highest BCUT2D eigenvalue weighted by Gasteiger charge is 2.21. The van der Waals surface area contributed by atoms with E-state index in [-0.39, 0.29) is 5.91 Å². The van der Waals surface area contributed by atoms with Crippen LogP contribution in [0.15, 0.2) is 12.1 Å². The molecule has 0 spiro atoms. The fourth-order valence-electron chi connectivity index (χ4n) is 1.54. The number of nitrogens with zero attached hydrogens (tertiary/aromatic N) is 2. The lowest BCUT2D eigenvalue weighted by Gasteiger charge is -2.24. The maximum Gasteiger partial charge on any atom is 0.260 e. The van der Waals surface area contributed by atoms with E-state index in [1.54, 1.807) is 4.81 Å². The Morgan fingerprint density at radius 2 is 2.31 bits per heavy atom. The van der Waals surface area contributed by atoms with E-state index in [1.165, 1.54) is 0 Å². The fraction of sp³-hybridized carbons (Fsp3) is 0.333. The summed E-state index contributed by atoms with van der Waals surface area (Å²) in [4.78, 5) is 17.6. The van der Waals surface area contributed by atoms with Gasteiger partial charge in [-0.3, -0.25) is 4.79 Å². The lowest BCUT2D eigenvalue weighted by atomic mass is 10.0. The second-order valence-electron chi connectivity index (χ2n) is 3.44. The van der Waals surface area contributed by atoms with Gasteiger partial charge in [0, 0.05) is 12.2 Å². The molecule has 1 aromatic heterocycles. The minimum absolute atomic E-state index is 0.0463. The average molecular weight is 174 g/mol. The van der Waals surface area contributed by atoms with Crippen LogP contribution in [0.25, 0.3) is 0 Å². The van der Waals surface area contributed by atoms with Gasteiger partial charge in [0.25, 0.3) is 5.91 Å². The molecular weight excluding hydrogens is 163 g/mol. The van der Waals surface area contributed by atoms with Crippen LogP contribution < -0.4 is 0 Å². The van der Waals surface area contributed by atoms with Gasteiger partial charge in [-0.05, 0) is 25.0 Å². The predicted octanol–water partition coefficient (Wildman–Crippen LogP) is -0.0636. The highest BCUT2D eigenvalue weighted by atomic mass is 16.2. The molecule has 0 saturated heterocycles. The molecule has 0 aliphatic carbocycles. The summed E-state index contributed by atoms with van der Waals surface area (Å²) in [5, 5.41) is 0. The second-order valence-corrected chi connectivity index (χ2v) is 3.44. The van der Waals surface area contributed by atoms with Gasteiger partial charge in [-0.15, -0.1) is 0 Å².